The van der Waals surface area contributed by atoms with E-state index in [2.05, 4.69) is 25.8 Å². The van der Waals surface area contributed by atoms with Crippen LogP contribution in [0.5, 0.6) is 11.5 Å². The Labute approximate surface area is 356 Å². The Morgan fingerprint density at radius 1 is 0.918 bits per heavy atom. The van der Waals surface area contributed by atoms with Crippen molar-refractivity contribution < 1.29 is 38.2 Å². The zero-order valence-electron chi connectivity index (χ0n) is 34.1. The number of benzene rings is 2. The van der Waals surface area contributed by atoms with E-state index in [-0.39, 0.29) is 72.1 Å². The minimum Gasteiger partial charge on any atom is -0.490 e. The zero-order valence-corrected chi connectivity index (χ0v) is 34.8. The van der Waals surface area contributed by atoms with Gasteiger partial charge in [0.05, 0.1) is 41.2 Å². The second-order valence-electron chi connectivity index (χ2n) is 16.0. The van der Waals surface area contributed by atoms with E-state index >= 15 is 0 Å². The highest BCUT2D eigenvalue weighted by atomic mass is 35.5. The van der Waals surface area contributed by atoms with E-state index < -0.39 is 29.7 Å². The molecule has 2 aromatic carbocycles. The number of hydrogen-bond acceptors (Lipinski definition) is 13. The van der Waals surface area contributed by atoms with Gasteiger partial charge in [0, 0.05) is 43.7 Å². The molecule has 3 N–H and O–H groups in total. The van der Waals surface area contributed by atoms with Crippen LogP contribution in [0.3, 0.4) is 0 Å². The molecular weight excluding hydrogens is 808 g/mol. The number of carbonyl (C=O) groups excluding carboxylic acids is 5. The average Bonchev–Trinajstić information content (AvgIpc) is 3.50. The maximum absolute atomic E-state index is 13.5. The van der Waals surface area contributed by atoms with Crippen molar-refractivity contribution in [2.45, 2.75) is 95.6 Å². The molecule has 0 radical (unpaired) electrons. The normalized spacial score (nSPS) is 20.8. The minimum absolute atomic E-state index is 0.0519. The van der Waals surface area contributed by atoms with Crippen molar-refractivity contribution in [2.75, 3.05) is 37.0 Å². The molecule has 8 rings (SSSR count). The predicted octanol–water partition coefficient (Wildman–Crippen LogP) is 4.67. The first-order valence-electron chi connectivity index (χ1n) is 20.6. The van der Waals surface area contributed by atoms with Gasteiger partial charge in [-0.1, -0.05) is 17.7 Å². The summed E-state index contributed by atoms with van der Waals surface area (Å²) in [6.45, 7) is 4.91. The molecule has 0 spiro atoms. The second-order valence-corrected chi connectivity index (χ2v) is 16.4. The smallest absolute Gasteiger partial charge is 0.293 e. The predicted molar refractivity (Wildman–Crippen MR) is 225 cm³/mol. The van der Waals surface area contributed by atoms with Gasteiger partial charge in [-0.05, 0) is 95.2 Å². The molecule has 5 heterocycles. The summed E-state index contributed by atoms with van der Waals surface area (Å²) in [5.41, 5.74) is 1.43. The van der Waals surface area contributed by atoms with Crippen molar-refractivity contribution in [1.82, 2.24) is 30.1 Å². The van der Waals surface area contributed by atoms with Gasteiger partial charge in [0.15, 0.2) is 18.2 Å². The second kappa shape index (κ2) is 17.5. The molecule has 3 fully saturated rings. The SMILES string of the molecule is CNC(=O)COc1cc2cc(Nc3nc(N4CCC(OC5CCC(Oc6cccc7c6C(=O)N(C6CCC(=O)NC6=O)C7=O)CC5)CC4)ncc3Cl)ccc2n(C(C)C)c1=O. The minimum atomic E-state index is -1.04. The lowest BCUT2D eigenvalue weighted by atomic mass is 9.94. The molecule has 1 aliphatic carbocycles. The number of likely N-dealkylation sites (N-methyl/N-ethyl adjacent to an activating group) is 1. The van der Waals surface area contributed by atoms with Crippen LogP contribution in [0.2, 0.25) is 5.02 Å². The topological polar surface area (TPSA) is 203 Å². The highest BCUT2D eigenvalue weighted by molar-refractivity contribution is 6.33. The summed E-state index contributed by atoms with van der Waals surface area (Å²) in [6.07, 6.45) is 6.21. The number of nitrogens with one attached hydrogen (secondary N) is 3. The lowest BCUT2D eigenvalue weighted by molar-refractivity contribution is -0.136. The number of pyridine rings is 1. The number of amides is 5. The van der Waals surface area contributed by atoms with E-state index in [0.717, 1.165) is 36.0 Å². The molecule has 320 valence electrons. The Kier molecular flexibility index (Phi) is 11.9. The lowest BCUT2D eigenvalue weighted by Gasteiger charge is -2.36. The van der Waals surface area contributed by atoms with E-state index in [1.54, 1.807) is 35.0 Å². The molecular formula is C43H47ClN8O9. The number of rotatable bonds is 12. The Morgan fingerprint density at radius 2 is 1.66 bits per heavy atom. The van der Waals surface area contributed by atoms with Gasteiger partial charge >= 0.3 is 0 Å². The van der Waals surface area contributed by atoms with Crippen molar-refractivity contribution >= 4 is 69.5 Å². The molecule has 1 saturated carbocycles. The number of piperidine rings is 2. The van der Waals surface area contributed by atoms with Gasteiger partial charge in [-0.2, -0.15) is 4.98 Å². The van der Waals surface area contributed by atoms with E-state index in [4.69, 9.17) is 30.8 Å². The van der Waals surface area contributed by atoms with Crippen molar-refractivity contribution in [1.29, 1.82) is 0 Å². The van der Waals surface area contributed by atoms with Crippen molar-refractivity contribution in [2.24, 2.45) is 0 Å². The van der Waals surface area contributed by atoms with Gasteiger partial charge in [-0.3, -0.25) is 39.0 Å². The molecule has 4 aromatic rings. The molecule has 4 aliphatic rings. The molecule has 18 heteroatoms. The number of fused-ring (bicyclic) bond motifs is 2. The quantitative estimate of drug-likeness (QED) is 0.166. The van der Waals surface area contributed by atoms with Crippen LogP contribution < -0.4 is 35.9 Å². The van der Waals surface area contributed by atoms with Crippen molar-refractivity contribution in [3.05, 3.63) is 75.2 Å². The van der Waals surface area contributed by atoms with Crippen LogP contribution in [0.1, 0.15) is 92.0 Å². The summed E-state index contributed by atoms with van der Waals surface area (Å²) in [5, 5.41) is 9.10. The first-order valence-corrected chi connectivity index (χ1v) is 21.0. The molecule has 2 saturated heterocycles. The highest BCUT2D eigenvalue weighted by Gasteiger charge is 2.46. The number of aromatic nitrogens is 3. The van der Waals surface area contributed by atoms with E-state index in [9.17, 15) is 28.8 Å². The monoisotopic (exact) mass is 854 g/mol. The van der Waals surface area contributed by atoms with Crippen LogP contribution in [0.4, 0.5) is 17.5 Å². The number of imide groups is 2. The van der Waals surface area contributed by atoms with Crippen LogP contribution in [-0.2, 0) is 19.1 Å². The van der Waals surface area contributed by atoms with Crippen molar-refractivity contribution in [3.8, 4) is 11.5 Å². The number of halogens is 1. The first kappa shape index (κ1) is 41.7. The fraction of sp³-hybridized carbons (Fsp3) is 0.442. The summed E-state index contributed by atoms with van der Waals surface area (Å²) in [7, 11) is 1.50. The fourth-order valence-electron chi connectivity index (χ4n) is 8.48. The van der Waals surface area contributed by atoms with Crippen molar-refractivity contribution in [3.63, 3.8) is 0 Å². The van der Waals surface area contributed by atoms with E-state index in [1.165, 1.54) is 7.05 Å². The summed E-state index contributed by atoms with van der Waals surface area (Å²) in [5.74, 6) is -1.21. The van der Waals surface area contributed by atoms with E-state index in [1.807, 2.05) is 32.0 Å². The third-order valence-electron chi connectivity index (χ3n) is 11.6. The Balaban J connectivity index is 0.847. The number of hydrogen-bond donors (Lipinski definition) is 3. The van der Waals surface area contributed by atoms with Gasteiger partial charge < -0.3 is 34.3 Å². The number of nitrogens with zero attached hydrogens (tertiary/aromatic N) is 5. The molecule has 0 bridgehead atoms. The lowest BCUT2D eigenvalue weighted by Crippen LogP contribution is -2.54. The standard InChI is InChI=1S/C43H47ClN8O9/c1-23(2)51-31-12-7-25(19-24(31)20-34(41(51)57)59-22-36(54)45-3)47-38-30(44)21-46-43(49-38)50-17-15-28(16-18-50)60-26-8-10-27(11-9-26)61-33-6-4-5-29-37(33)42(58)52(40(29)56)32-13-14-35(53)48-39(32)55/h4-7,12,19-21,23,26-28,32H,8-11,13-18,22H2,1-3H3,(H,45,54)(H,46,47,49)(H,48,53,55). The molecule has 3 aliphatic heterocycles. The van der Waals surface area contributed by atoms with Crippen LogP contribution >= 0.6 is 11.6 Å². The average molecular weight is 855 g/mol. The molecule has 61 heavy (non-hydrogen) atoms. The van der Waals surface area contributed by atoms with Gasteiger partial charge in [-0.15, -0.1) is 0 Å². The molecule has 2 aromatic heterocycles. The Morgan fingerprint density at radius 3 is 2.38 bits per heavy atom. The summed E-state index contributed by atoms with van der Waals surface area (Å²) < 4.78 is 20.1. The zero-order chi connectivity index (χ0) is 42.9. The summed E-state index contributed by atoms with van der Waals surface area (Å²) in [6, 6.07) is 10.9. The largest absolute Gasteiger partial charge is 0.490 e. The fourth-order valence-corrected chi connectivity index (χ4v) is 8.61. The summed E-state index contributed by atoms with van der Waals surface area (Å²) in [4.78, 5) is 88.4. The van der Waals surface area contributed by atoms with Crippen LogP contribution in [0, 0.1) is 0 Å². The maximum atomic E-state index is 13.5. The third kappa shape index (κ3) is 8.61. The summed E-state index contributed by atoms with van der Waals surface area (Å²) >= 11 is 6.58. The molecule has 17 nitrogen and oxygen atoms in total. The Bertz CT molecular complexity index is 2460. The maximum Gasteiger partial charge on any atom is 0.293 e. The molecule has 1 atom stereocenters. The van der Waals surface area contributed by atoms with Crippen LogP contribution in [-0.4, -0.2) is 100 Å². The van der Waals surface area contributed by atoms with Gasteiger partial charge in [0.25, 0.3) is 23.3 Å². The van der Waals surface area contributed by atoms with Crippen LogP contribution in [0.15, 0.2) is 53.5 Å². The van der Waals surface area contributed by atoms with Gasteiger partial charge in [0.2, 0.25) is 17.8 Å². The molecule has 5 amide bonds. The first-order chi connectivity index (χ1) is 29.4. The van der Waals surface area contributed by atoms with E-state index in [0.29, 0.717) is 59.7 Å². The molecule has 1 unspecified atom stereocenters. The third-order valence-corrected chi connectivity index (χ3v) is 11.9. The number of carbonyl (C=O) groups is 5. The van der Waals surface area contributed by atoms with Gasteiger partial charge in [0.1, 0.15) is 16.8 Å². The highest BCUT2D eigenvalue weighted by Crippen LogP contribution is 2.37. The Hall–Kier alpha value is -6.07. The number of ether oxygens (including phenoxy) is 3. The van der Waals surface area contributed by atoms with Crippen LogP contribution in [0.25, 0.3) is 10.9 Å². The number of anilines is 3. The van der Waals surface area contributed by atoms with Gasteiger partial charge in [-0.25, -0.2) is 4.98 Å².